The highest BCUT2D eigenvalue weighted by atomic mass is 14.2. The number of benzene rings is 9. The zero-order chi connectivity index (χ0) is 27.6. The van der Waals surface area contributed by atoms with Crippen LogP contribution in [0.2, 0.25) is 0 Å². The number of hydrogen-bond acceptors (Lipinski definition) is 0. The number of hydrogen-bond donors (Lipinski definition) is 0. The van der Waals surface area contributed by atoms with E-state index in [1.807, 2.05) is 0 Å². The Kier molecular flexibility index (Phi) is 5.00. The molecular weight excluding hydrogens is 504 g/mol. The Bertz CT molecular complexity index is 2460. The maximum atomic E-state index is 2.36. The lowest BCUT2D eigenvalue weighted by atomic mass is 9.84. The Labute approximate surface area is 245 Å². The molecule has 9 aromatic carbocycles. The fraction of sp³-hybridized carbons (Fsp3) is 0. The van der Waals surface area contributed by atoms with Crippen molar-refractivity contribution >= 4 is 64.6 Å². The maximum absolute atomic E-state index is 2.36. The van der Waals surface area contributed by atoms with Gasteiger partial charge in [-0.2, -0.15) is 0 Å². The first kappa shape index (κ1) is 23.3. The van der Waals surface area contributed by atoms with Crippen molar-refractivity contribution in [3.05, 3.63) is 158 Å². The summed E-state index contributed by atoms with van der Waals surface area (Å²) in [5.41, 5.74) is 5.13. The summed E-state index contributed by atoms with van der Waals surface area (Å²) in [6.07, 6.45) is 0. The molecule has 0 N–H and O–H groups in total. The van der Waals surface area contributed by atoms with E-state index in [4.69, 9.17) is 0 Å². The standard InChI is InChI=1S/C42H26.H2/c1-2-11-28-25-32(21-20-27(28)10-1)41-36-14-5-7-16-38(36)42(39-17-8-6-15-37(39)41)35-19-9-18-33-34(35)23-22-31-24-29-12-3-4-13-30(29)26-40(31)33;/h1-26H;1H. The largest absolute Gasteiger partial charge is 0.0616 e. The number of rotatable bonds is 2. The monoisotopic (exact) mass is 532 g/mol. The van der Waals surface area contributed by atoms with Gasteiger partial charge in [0, 0.05) is 1.43 Å². The second-order valence-corrected chi connectivity index (χ2v) is 11.3. The second-order valence-electron chi connectivity index (χ2n) is 11.3. The third-order valence-electron chi connectivity index (χ3n) is 8.98. The van der Waals surface area contributed by atoms with Crippen molar-refractivity contribution in [2.45, 2.75) is 0 Å². The minimum Gasteiger partial charge on any atom is -0.0616 e. The summed E-state index contributed by atoms with van der Waals surface area (Å²) < 4.78 is 0. The third kappa shape index (κ3) is 3.42. The molecule has 0 aliphatic rings. The summed E-state index contributed by atoms with van der Waals surface area (Å²) in [5, 5.41) is 15.4. The van der Waals surface area contributed by atoms with Crippen LogP contribution in [0, 0.1) is 0 Å². The lowest BCUT2D eigenvalue weighted by molar-refractivity contribution is 1.69. The van der Waals surface area contributed by atoms with E-state index in [2.05, 4.69) is 158 Å². The first-order valence-electron chi connectivity index (χ1n) is 14.6. The van der Waals surface area contributed by atoms with Crippen LogP contribution in [0.25, 0.3) is 86.9 Å². The Balaban J connectivity index is 0.00000278. The SMILES string of the molecule is [HH].c1ccc2cc(-c3c4ccccc4c(-c4cccc5c4ccc4cc6ccccc6cc45)c4ccccc34)ccc2c1. The van der Waals surface area contributed by atoms with Gasteiger partial charge in [0.25, 0.3) is 0 Å². The van der Waals surface area contributed by atoms with Crippen LogP contribution in [-0.4, -0.2) is 0 Å². The smallest absolute Gasteiger partial charge is 0 e. The zero-order valence-electron chi connectivity index (χ0n) is 23.0. The molecule has 0 fully saturated rings. The highest BCUT2D eigenvalue weighted by Crippen LogP contribution is 2.46. The summed E-state index contributed by atoms with van der Waals surface area (Å²) in [6, 6.07) is 58.2. The van der Waals surface area contributed by atoms with E-state index in [0.29, 0.717) is 0 Å². The van der Waals surface area contributed by atoms with Crippen molar-refractivity contribution in [2.24, 2.45) is 0 Å². The molecule has 0 amide bonds. The minimum absolute atomic E-state index is 0. The zero-order valence-corrected chi connectivity index (χ0v) is 23.0. The highest BCUT2D eigenvalue weighted by Gasteiger charge is 2.18. The van der Waals surface area contributed by atoms with Crippen molar-refractivity contribution in [1.29, 1.82) is 0 Å². The van der Waals surface area contributed by atoms with Gasteiger partial charge in [-0.05, 0) is 105 Å². The van der Waals surface area contributed by atoms with Crippen molar-refractivity contribution in [3.63, 3.8) is 0 Å². The molecule has 0 spiro atoms. The van der Waals surface area contributed by atoms with Crippen LogP contribution < -0.4 is 0 Å². The molecule has 0 saturated carbocycles. The molecule has 0 atom stereocenters. The summed E-state index contributed by atoms with van der Waals surface area (Å²) in [7, 11) is 0. The Hall–Kier alpha value is -5.46. The van der Waals surface area contributed by atoms with Crippen LogP contribution in [0.5, 0.6) is 0 Å². The molecule has 0 bridgehead atoms. The van der Waals surface area contributed by atoms with E-state index < -0.39 is 0 Å². The average Bonchev–Trinajstić information content (AvgIpc) is 3.05. The van der Waals surface area contributed by atoms with Crippen molar-refractivity contribution in [1.82, 2.24) is 0 Å². The normalized spacial score (nSPS) is 11.8. The Morgan fingerprint density at radius 1 is 0.262 bits per heavy atom. The van der Waals surface area contributed by atoms with Crippen molar-refractivity contribution < 1.29 is 1.43 Å². The van der Waals surface area contributed by atoms with Crippen LogP contribution in [0.15, 0.2) is 158 Å². The first-order chi connectivity index (χ1) is 20.8. The van der Waals surface area contributed by atoms with E-state index in [1.165, 1.54) is 86.9 Å². The van der Waals surface area contributed by atoms with Gasteiger partial charge in [0.1, 0.15) is 0 Å². The van der Waals surface area contributed by atoms with Gasteiger partial charge in [0.05, 0.1) is 0 Å². The molecular formula is C42H28. The molecule has 0 aliphatic heterocycles. The van der Waals surface area contributed by atoms with Crippen molar-refractivity contribution in [3.8, 4) is 22.3 Å². The lowest BCUT2D eigenvalue weighted by Gasteiger charge is -2.19. The van der Waals surface area contributed by atoms with Gasteiger partial charge < -0.3 is 0 Å². The van der Waals surface area contributed by atoms with E-state index in [1.54, 1.807) is 0 Å². The topological polar surface area (TPSA) is 0 Å². The van der Waals surface area contributed by atoms with Crippen molar-refractivity contribution in [2.75, 3.05) is 0 Å². The lowest BCUT2D eigenvalue weighted by Crippen LogP contribution is -1.92. The van der Waals surface area contributed by atoms with Gasteiger partial charge in [0.15, 0.2) is 0 Å². The Morgan fingerprint density at radius 3 is 1.48 bits per heavy atom. The van der Waals surface area contributed by atoms with Gasteiger partial charge in [-0.15, -0.1) is 0 Å². The van der Waals surface area contributed by atoms with Crippen LogP contribution in [0.3, 0.4) is 0 Å². The van der Waals surface area contributed by atoms with Gasteiger partial charge >= 0.3 is 0 Å². The van der Waals surface area contributed by atoms with E-state index >= 15 is 0 Å². The molecule has 9 rings (SSSR count). The fourth-order valence-electron chi connectivity index (χ4n) is 7.07. The predicted molar refractivity (Wildman–Crippen MR) is 184 cm³/mol. The van der Waals surface area contributed by atoms with Crippen LogP contribution in [0.1, 0.15) is 1.43 Å². The molecule has 9 aromatic rings. The van der Waals surface area contributed by atoms with Gasteiger partial charge in [-0.3, -0.25) is 0 Å². The van der Waals surface area contributed by atoms with Crippen LogP contribution in [-0.2, 0) is 0 Å². The molecule has 0 unspecified atom stereocenters. The maximum Gasteiger partial charge on any atom is 0 e. The molecule has 0 nitrogen and oxygen atoms in total. The first-order valence-corrected chi connectivity index (χ1v) is 14.6. The minimum atomic E-state index is 0. The summed E-state index contributed by atoms with van der Waals surface area (Å²) in [6.45, 7) is 0. The molecule has 0 saturated heterocycles. The quantitative estimate of drug-likeness (QED) is 0.153. The van der Waals surface area contributed by atoms with E-state index in [-0.39, 0.29) is 1.43 Å². The highest BCUT2D eigenvalue weighted by molar-refractivity contribution is 6.25. The average molecular weight is 533 g/mol. The van der Waals surface area contributed by atoms with E-state index in [0.717, 1.165) is 0 Å². The summed E-state index contributed by atoms with van der Waals surface area (Å²) >= 11 is 0. The Morgan fingerprint density at radius 2 is 0.786 bits per heavy atom. The van der Waals surface area contributed by atoms with Crippen LogP contribution >= 0.6 is 0 Å². The molecule has 42 heavy (non-hydrogen) atoms. The van der Waals surface area contributed by atoms with Gasteiger partial charge in [-0.25, -0.2) is 0 Å². The molecule has 196 valence electrons. The predicted octanol–water partition coefficient (Wildman–Crippen LogP) is 12.2. The molecule has 0 radical (unpaired) electrons. The summed E-state index contributed by atoms with van der Waals surface area (Å²) in [4.78, 5) is 0. The number of fused-ring (bicyclic) bond motifs is 7. The molecule has 0 heterocycles. The van der Waals surface area contributed by atoms with Gasteiger partial charge in [-0.1, -0.05) is 140 Å². The fourth-order valence-corrected chi connectivity index (χ4v) is 7.07. The molecule has 0 heteroatoms. The third-order valence-corrected chi connectivity index (χ3v) is 8.98. The molecule has 0 aromatic heterocycles. The molecule has 0 aliphatic carbocycles. The van der Waals surface area contributed by atoms with Gasteiger partial charge in [0.2, 0.25) is 0 Å². The van der Waals surface area contributed by atoms with E-state index in [9.17, 15) is 0 Å². The summed E-state index contributed by atoms with van der Waals surface area (Å²) in [5.74, 6) is 0. The van der Waals surface area contributed by atoms with Crippen LogP contribution in [0.4, 0.5) is 0 Å². The second kappa shape index (κ2) is 9.03.